The number of benzene rings is 1. The van der Waals surface area contributed by atoms with Gasteiger partial charge in [-0.1, -0.05) is 11.8 Å². The van der Waals surface area contributed by atoms with Crippen molar-refractivity contribution in [3.8, 4) is 0 Å². The lowest BCUT2D eigenvalue weighted by Gasteiger charge is -2.18. The summed E-state index contributed by atoms with van der Waals surface area (Å²) in [5.74, 6) is 0.759. The Morgan fingerprint density at radius 2 is 2.29 bits per heavy atom. The van der Waals surface area contributed by atoms with Gasteiger partial charge in [0.05, 0.1) is 10.6 Å². The largest absolute Gasteiger partial charge is 0.311 e. The first-order chi connectivity index (χ1) is 9.88. The number of thioether (sulfide) groups is 1. The molecule has 0 bridgehead atoms. The molecule has 0 N–H and O–H groups in total. The van der Waals surface area contributed by atoms with Crippen molar-refractivity contribution < 1.29 is 14.5 Å². The number of carbonyl (C=O) groups is 2. The normalized spacial score (nSPS) is 18.1. The molecule has 0 aromatic heterocycles. The number of nitro benzene ring substituents is 1. The molecule has 0 aliphatic carbocycles. The third kappa shape index (κ3) is 3.94. The number of halogens is 1. The number of carbonyl (C=O) groups excluding carboxylic acids is 2. The molecule has 1 heterocycles. The fourth-order valence-electron chi connectivity index (χ4n) is 2.19. The Hall–Kier alpha value is -1.16. The van der Waals surface area contributed by atoms with Gasteiger partial charge in [0.25, 0.3) is 5.69 Å². The number of hydrogen-bond acceptors (Lipinski definition) is 5. The maximum Gasteiger partial charge on any atom is 0.270 e. The van der Waals surface area contributed by atoms with Crippen LogP contribution in [0.15, 0.2) is 18.2 Å². The van der Waals surface area contributed by atoms with Crippen LogP contribution < -0.4 is 4.90 Å². The van der Waals surface area contributed by atoms with E-state index in [-0.39, 0.29) is 22.6 Å². The zero-order valence-corrected chi connectivity index (χ0v) is 14.2. The topological polar surface area (TPSA) is 80.5 Å². The Labute approximate surface area is 139 Å². The molecule has 6 nitrogen and oxygen atoms in total. The number of hydrogen-bond donors (Lipinski definition) is 0. The number of amides is 1. The van der Waals surface area contributed by atoms with E-state index >= 15 is 0 Å². The van der Waals surface area contributed by atoms with E-state index in [1.165, 1.54) is 30.8 Å². The molecule has 21 heavy (non-hydrogen) atoms. The molecule has 2 rings (SSSR count). The molecule has 1 fully saturated rings. The van der Waals surface area contributed by atoms with Crippen molar-refractivity contribution in [1.29, 1.82) is 0 Å². The Morgan fingerprint density at radius 1 is 1.57 bits per heavy atom. The smallest absolute Gasteiger partial charge is 0.270 e. The van der Waals surface area contributed by atoms with Crippen LogP contribution in [-0.2, 0) is 9.59 Å². The summed E-state index contributed by atoms with van der Waals surface area (Å²) in [6.07, 6.45) is 0.410. The summed E-state index contributed by atoms with van der Waals surface area (Å²) in [5.41, 5.74) is 0.708. The van der Waals surface area contributed by atoms with Crippen LogP contribution in [0.25, 0.3) is 0 Å². The van der Waals surface area contributed by atoms with E-state index in [9.17, 15) is 19.7 Å². The third-order valence-electron chi connectivity index (χ3n) is 3.16. The SMILES string of the molecule is CC(=O)SCC1CC(=O)N(c2ccc([N+](=O)[O-])cc2I)C1. The Kier molecular flexibility index (Phi) is 5.20. The summed E-state index contributed by atoms with van der Waals surface area (Å²) in [7, 11) is 0. The van der Waals surface area contributed by atoms with E-state index < -0.39 is 4.92 Å². The molecule has 1 atom stereocenters. The fourth-order valence-corrected chi connectivity index (χ4v) is 3.67. The summed E-state index contributed by atoms with van der Waals surface area (Å²) < 4.78 is 0.676. The molecule has 1 unspecified atom stereocenters. The van der Waals surface area contributed by atoms with E-state index in [1.807, 2.05) is 22.6 Å². The van der Waals surface area contributed by atoms with Crippen molar-refractivity contribution in [2.45, 2.75) is 13.3 Å². The first-order valence-corrected chi connectivity index (χ1v) is 8.32. The molecule has 1 aromatic rings. The molecule has 1 saturated heterocycles. The molecule has 1 aliphatic rings. The van der Waals surface area contributed by atoms with E-state index in [2.05, 4.69) is 0 Å². The van der Waals surface area contributed by atoms with Crippen LogP contribution in [0.4, 0.5) is 11.4 Å². The second-order valence-corrected chi connectivity index (χ2v) is 7.13. The highest BCUT2D eigenvalue weighted by molar-refractivity contribution is 14.1. The second-order valence-electron chi connectivity index (χ2n) is 4.77. The van der Waals surface area contributed by atoms with E-state index in [0.717, 1.165) is 0 Å². The molecule has 0 radical (unpaired) electrons. The molecular weight excluding hydrogens is 407 g/mol. The van der Waals surface area contributed by atoms with Gasteiger partial charge in [-0.3, -0.25) is 19.7 Å². The second kappa shape index (κ2) is 6.73. The van der Waals surface area contributed by atoms with Crippen molar-refractivity contribution in [3.63, 3.8) is 0 Å². The monoisotopic (exact) mass is 420 g/mol. The van der Waals surface area contributed by atoms with Crippen molar-refractivity contribution >= 4 is 56.7 Å². The van der Waals surface area contributed by atoms with E-state index in [1.54, 1.807) is 11.0 Å². The predicted octanol–water partition coefficient (Wildman–Crippen LogP) is 2.83. The van der Waals surface area contributed by atoms with Crippen LogP contribution in [-0.4, -0.2) is 28.2 Å². The van der Waals surface area contributed by atoms with Gasteiger partial charge in [0.1, 0.15) is 0 Å². The van der Waals surface area contributed by atoms with Crippen LogP contribution in [0, 0.1) is 19.6 Å². The molecular formula is C13H13IN2O4S. The highest BCUT2D eigenvalue weighted by Gasteiger charge is 2.32. The summed E-state index contributed by atoms with van der Waals surface area (Å²) >= 11 is 3.23. The van der Waals surface area contributed by atoms with E-state index in [4.69, 9.17) is 0 Å². The average Bonchev–Trinajstić information content (AvgIpc) is 2.77. The van der Waals surface area contributed by atoms with Gasteiger partial charge >= 0.3 is 0 Å². The van der Waals surface area contributed by atoms with Gasteiger partial charge in [-0.15, -0.1) is 0 Å². The van der Waals surface area contributed by atoms with Crippen molar-refractivity contribution in [2.24, 2.45) is 5.92 Å². The number of rotatable bonds is 4. The maximum atomic E-state index is 12.1. The zero-order valence-electron chi connectivity index (χ0n) is 11.2. The van der Waals surface area contributed by atoms with Crippen LogP contribution >= 0.6 is 34.4 Å². The van der Waals surface area contributed by atoms with Gasteiger partial charge in [-0.05, 0) is 34.6 Å². The Balaban J connectivity index is 2.13. The minimum Gasteiger partial charge on any atom is -0.311 e. The van der Waals surface area contributed by atoms with Crippen LogP contribution in [0.5, 0.6) is 0 Å². The quantitative estimate of drug-likeness (QED) is 0.425. The lowest BCUT2D eigenvalue weighted by molar-refractivity contribution is -0.384. The van der Waals surface area contributed by atoms with E-state index in [0.29, 0.717) is 28.0 Å². The van der Waals surface area contributed by atoms with Crippen molar-refractivity contribution in [1.82, 2.24) is 0 Å². The minimum absolute atomic E-state index is 0.00378. The third-order valence-corrected chi connectivity index (χ3v) is 5.07. The zero-order chi connectivity index (χ0) is 15.6. The summed E-state index contributed by atoms with van der Waals surface area (Å²) in [6.45, 7) is 2.06. The summed E-state index contributed by atoms with van der Waals surface area (Å²) in [5, 5.41) is 10.8. The molecule has 112 valence electrons. The summed E-state index contributed by atoms with van der Waals surface area (Å²) in [4.78, 5) is 35.0. The maximum absolute atomic E-state index is 12.1. The highest BCUT2D eigenvalue weighted by Crippen LogP contribution is 2.32. The number of anilines is 1. The molecule has 8 heteroatoms. The molecule has 1 aliphatic heterocycles. The van der Waals surface area contributed by atoms with Crippen LogP contribution in [0.3, 0.4) is 0 Å². The molecule has 1 aromatic carbocycles. The van der Waals surface area contributed by atoms with Gasteiger partial charge < -0.3 is 4.90 Å². The van der Waals surface area contributed by atoms with Crippen molar-refractivity contribution in [3.05, 3.63) is 31.9 Å². The minimum atomic E-state index is -0.454. The van der Waals surface area contributed by atoms with Gasteiger partial charge in [0.15, 0.2) is 5.12 Å². The van der Waals surface area contributed by atoms with Gasteiger partial charge in [-0.2, -0.15) is 0 Å². The predicted molar refractivity (Wildman–Crippen MR) is 89.4 cm³/mol. The van der Waals surface area contributed by atoms with Gasteiger partial charge in [0.2, 0.25) is 5.91 Å². The number of non-ortho nitro benzene ring substituents is 1. The molecule has 0 spiro atoms. The number of nitrogens with zero attached hydrogens (tertiary/aromatic N) is 2. The number of nitro groups is 1. The van der Waals surface area contributed by atoms with Crippen LogP contribution in [0.2, 0.25) is 0 Å². The Bertz CT molecular complexity index is 608. The molecule has 1 amide bonds. The van der Waals surface area contributed by atoms with Crippen LogP contribution in [0.1, 0.15) is 13.3 Å². The highest BCUT2D eigenvalue weighted by atomic mass is 127. The standard InChI is InChI=1S/C13H13IN2O4S/c1-8(17)21-7-9-4-13(18)15(6-9)12-3-2-10(16(19)20)5-11(12)14/h2-3,5,9H,4,6-7H2,1H3. The first kappa shape index (κ1) is 16.2. The average molecular weight is 420 g/mol. The molecule has 0 saturated carbocycles. The van der Waals surface area contributed by atoms with Gasteiger partial charge in [-0.25, -0.2) is 0 Å². The lowest BCUT2D eigenvalue weighted by atomic mass is 10.1. The summed E-state index contributed by atoms with van der Waals surface area (Å²) in [6, 6.07) is 4.47. The lowest BCUT2D eigenvalue weighted by Crippen LogP contribution is -2.25. The first-order valence-electron chi connectivity index (χ1n) is 6.26. The Morgan fingerprint density at radius 3 is 2.86 bits per heavy atom. The fraction of sp³-hybridized carbons (Fsp3) is 0.385. The van der Waals surface area contributed by atoms with Gasteiger partial charge in [0, 0.05) is 41.3 Å². The van der Waals surface area contributed by atoms with Crippen molar-refractivity contribution in [2.75, 3.05) is 17.2 Å².